The topological polar surface area (TPSA) is 198 Å². The van der Waals surface area contributed by atoms with E-state index < -0.39 is 41.8 Å². The molecule has 1 heterocycles. The number of carbonyl (C=O) groups is 4. The van der Waals surface area contributed by atoms with Gasteiger partial charge in [0.15, 0.2) is 0 Å². The standard InChI is InChI=1S/C40H46N6O7/c1-23(47)44-32-22-27-21-25-13-6-9-16-29(25)34(36(27)52-3)33-28-15-8-5-12-24(28)20-26(35(33)51-2)14-7-10-17-31(39(50)53-4)46-37(48)30(45-38(32)49)18-11-19-43-40(41)42/h5-10,12-13,15-16,20-21,30-32H,11,14,17-19,22H2,1-4H3,(H,44,47)(H,45,49)(H,46,48)(H4,41,42,43)/p+1/b10-7-/t30-,31+,32?/m1/s1. The molecule has 0 aromatic heterocycles. The van der Waals surface area contributed by atoms with Crippen molar-refractivity contribution < 1.29 is 38.4 Å². The Hall–Kier alpha value is -6.11. The predicted octanol–water partition coefficient (Wildman–Crippen LogP) is 1.50. The number of allylic oxidation sites excluding steroid dienone is 1. The van der Waals surface area contributed by atoms with Gasteiger partial charge in [-0.2, -0.15) is 0 Å². The van der Waals surface area contributed by atoms with Gasteiger partial charge in [0, 0.05) is 24.5 Å². The van der Waals surface area contributed by atoms with Gasteiger partial charge >= 0.3 is 11.9 Å². The normalized spacial score (nSPS) is 18.5. The molecule has 0 fully saturated rings. The fraction of sp³-hybridized carbons (Fsp3) is 0.325. The van der Waals surface area contributed by atoms with E-state index in [0.29, 0.717) is 36.4 Å². The van der Waals surface area contributed by atoms with E-state index in [1.54, 1.807) is 20.3 Å². The molecule has 0 saturated heterocycles. The van der Waals surface area contributed by atoms with Crippen LogP contribution >= 0.6 is 0 Å². The molecule has 53 heavy (non-hydrogen) atoms. The van der Waals surface area contributed by atoms with Gasteiger partial charge in [-0.25, -0.2) is 4.79 Å². The Morgan fingerprint density at radius 1 is 0.849 bits per heavy atom. The summed E-state index contributed by atoms with van der Waals surface area (Å²) in [6.45, 7) is 1.65. The van der Waals surface area contributed by atoms with E-state index in [2.05, 4.69) is 27.0 Å². The summed E-state index contributed by atoms with van der Waals surface area (Å²) in [6.07, 6.45) is 4.87. The van der Waals surface area contributed by atoms with Crippen molar-refractivity contribution in [3.63, 3.8) is 0 Å². The van der Waals surface area contributed by atoms with Gasteiger partial charge in [0.05, 0.1) is 27.9 Å². The van der Waals surface area contributed by atoms with E-state index in [1.807, 2.05) is 60.7 Å². The Bertz CT molecular complexity index is 2070. The lowest BCUT2D eigenvalue weighted by Gasteiger charge is -2.26. The molecule has 3 amide bonds. The molecule has 4 aromatic carbocycles. The molecular weight excluding hydrogens is 676 g/mol. The molecule has 4 bridgehead atoms. The second kappa shape index (κ2) is 17.4. The molecule has 1 aliphatic heterocycles. The third kappa shape index (κ3) is 8.86. The highest BCUT2D eigenvalue weighted by Gasteiger charge is 2.31. The van der Waals surface area contributed by atoms with Crippen LogP contribution in [0.5, 0.6) is 11.5 Å². The average Bonchev–Trinajstić information content (AvgIpc) is 3.14. The number of methoxy groups -OCH3 is 3. The van der Waals surface area contributed by atoms with Crippen LogP contribution in [-0.4, -0.2) is 75.7 Å². The van der Waals surface area contributed by atoms with Gasteiger partial charge in [0.2, 0.25) is 17.7 Å². The third-order valence-electron chi connectivity index (χ3n) is 9.24. The minimum absolute atomic E-state index is 0.0203. The largest absolute Gasteiger partial charge is 0.496 e. The van der Waals surface area contributed by atoms with Crippen LogP contribution < -0.4 is 41.9 Å². The summed E-state index contributed by atoms with van der Waals surface area (Å²) in [4.78, 5) is 56.2. The maximum absolute atomic E-state index is 14.2. The summed E-state index contributed by atoms with van der Waals surface area (Å²) in [7, 11) is 4.45. The Kier molecular flexibility index (Phi) is 12.5. The second-order valence-electron chi connectivity index (χ2n) is 12.9. The van der Waals surface area contributed by atoms with Crippen LogP contribution in [0.3, 0.4) is 0 Å². The maximum Gasteiger partial charge on any atom is 0.338 e. The van der Waals surface area contributed by atoms with Crippen LogP contribution in [0.25, 0.3) is 32.7 Å². The Morgan fingerprint density at radius 2 is 1.45 bits per heavy atom. The van der Waals surface area contributed by atoms with Gasteiger partial charge in [-0.05, 0) is 70.5 Å². The number of guanidine groups is 1. The van der Waals surface area contributed by atoms with Crippen molar-refractivity contribution in [3.05, 3.63) is 83.9 Å². The number of esters is 1. The molecular formula is C40H47N6O7+. The van der Waals surface area contributed by atoms with Crippen molar-refractivity contribution in [3.8, 4) is 22.6 Å². The van der Waals surface area contributed by atoms with E-state index >= 15 is 0 Å². The van der Waals surface area contributed by atoms with Gasteiger partial charge in [-0.15, -0.1) is 0 Å². The first-order chi connectivity index (χ1) is 25.6. The molecule has 3 atom stereocenters. The molecule has 1 aliphatic rings. The highest BCUT2D eigenvalue weighted by atomic mass is 16.5. The predicted molar refractivity (Wildman–Crippen MR) is 203 cm³/mol. The fourth-order valence-electron chi connectivity index (χ4n) is 6.87. The van der Waals surface area contributed by atoms with Gasteiger partial charge in [-0.3, -0.25) is 30.8 Å². The lowest BCUT2D eigenvalue weighted by molar-refractivity contribution is -0.459. The van der Waals surface area contributed by atoms with E-state index in [4.69, 9.17) is 25.7 Å². The monoisotopic (exact) mass is 723 g/mol. The van der Waals surface area contributed by atoms with E-state index in [-0.39, 0.29) is 25.2 Å². The summed E-state index contributed by atoms with van der Waals surface area (Å²) < 4.78 is 17.4. The molecule has 0 spiro atoms. The number of hydrogen-bond donors (Lipinski definition) is 6. The van der Waals surface area contributed by atoms with Crippen molar-refractivity contribution in [2.45, 2.75) is 57.2 Å². The van der Waals surface area contributed by atoms with E-state index in [9.17, 15) is 19.2 Å². The summed E-state index contributed by atoms with van der Waals surface area (Å²) in [5.74, 6) is -1.11. The summed E-state index contributed by atoms with van der Waals surface area (Å²) in [5.41, 5.74) is 14.2. The number of carbonyl (C=O) groups excluding carboxylic acids is 4. The molecule has 278 valence electrons. The molecule has 0 radical (unpaired) electrons. The van der Waals surface area contributed by atoms with Crippen LogP contribution in [0.4, 0.5) is 0 Å². The lowest BCUT2D eigenvalue weighted by Crippen LogP contribution is -2.78. The first kappa shape index (κ1) is 38.1. The highest BCUT2D eigenvalue weighted by molar-refractivity contribution is 6.11. The highest BCUT2D eigenvalue weighted by Crippen LogP contribution is 2.48. The van der Waals surface area contributed by atoms with Crippen molar-refractivity contribution in [1.29, 1.82) is 0 Å². The van der Waals surface area contributed by atoms with Crippen LogP contribution in [0.15, 0.2) is 72.8 Å². The summed E-state index contributed by atoms with van der Waals surface area (Å²) in [5, 5.41) is 12.1. The van der Waals surface area contributed by atoms with Crippen LogP contribution in [0.2, 0.25) is 0 Å². The molecule has 4 aromatic rings. The van der Waals surface area contributed by atoms with Gasteiger partial charge < -0.3 is 30.2 Å². The maximum atomic E-state index is 14.2. The first-order valence-corrected chi connectivity index (χ1v) is 17.5. The third-order valence-corrected chi connectivity index (χ3v) is 9.24. The van der Waals surface area contributed by atoms with Gasteiger partial charge in [-0.1, -0.05) is 60.7 Å². The fourth-order valence-corrected chi connectivity index (χ4v) is 6.87. The number of hydrogen-bond acceptors (Lipinski definition) is 7. The van der Waals surface area contributed by atoms with Crippen LogP contribution in [0, 0.1) is 0 Å². The molecule has 13 nitrogen and oxygen atoms in total. The molecule has 13 heteroatoms. The van der Waals surface area contributed by atoms with Crippen LogP contribution in [-0.2, 0) is 36.8 Å². The summed E-state index contributed by atoms with van der Waals surface area (Å²) in [6, 6.07) is 16.7. The number of fused-ring (bicyclic) bond motifs is 9. The van der Waals surface area contributed by atoms with Crippen LogP contribution in [0.1, 0.15) is 37.3 Å². The zero-order valence-electron chi connectivity index (χ0n) is 30.4. The molecule has 0 saturated carbocycles. The Labute approximate surface area is 308 Å². The number of nitrogens with one attached hydrogen (secondary N) is 4. The molecule has 5 rings (SSSR count). The quantitative estimate of drug-likeness (QED) is 0.0513. The van der Waals surface area contributed by atoms with Gasteiger partial charge in [0.1, 0.15) is 29.6 Å². The van der Waals surface area contributed by atoms with Gasteiger partial charge in [0.25, 0.3) is 0 Å². The number of rotatable bonds is 8. The minimum Gasteiger partial charge on any atom is -0.496 e. The van der Waals surface area contributed by atoms with Crippen molar-refractivity contribution in [1.82, 2.24) is 16.0 Å². The smallest absolute Gasteiger partial charge is 0.338 e. The Balaban J connectivity index is 1.75. The number of nitrogens with two attached hydrogens (primary N) is 2. The zero-order valence-corrected chi connectivity index (χ0v) is 30.4. The zero-order chi connectivity index (χ0) is 38.1. The number of benzene rings is 4. The summed E-state index contributed by atoms with van der Waals surface area (Å²) >= 11 is 0. The lowest BCUT2D eigenvalue weighted by atomic mass is 9.87. The first-order valence-electron chi connectivity index (χ1n) is 17.5. The number of amides is 3. The molecule has 1 unspecified atom stereocenters. The van der Waals surface area contributed by atoms with Crippen molar-refractivity contribution >= 4 is 51.2 Å². The SMILES string of the molecule is COC(=O)[C@@H]1C/C=C\Cc2cc3ccccc3c(c2OC)-c2c(OC)c(cc3ccccc23)CC(NC(C)=O)C(=O)N[C@H](CCC[NH+]=C(N)N)C(=O)N1. The van der Waals surface area contributed by atoms with E-state index in [0.717, 1.165) is 38.2 Å². The number of ether oxygens (including phenoxy) is 3. The minimum atomic E-state index is -1.11. The average molecular weight is 724 g/mol. The van der Waals surface area contributed by atoms with E-state index in [1.165, 1.54) is 14.0 Å². The molecule has 0 aliphatic carbocycles. The second-order valence-corrected chi connectivity index (χ2v) is 12.9. The Morgan fingerprint density at radius 3 is 2.04 bits per heavy atom. The van der Waals surface area contributed by atoms with Crippen molar-refractivity contribution in [2.75, 3.05) is 27.9 Å². The molecule has 8 N–H and O–H groups in total. The van der Waals surface area contributed by atoms with Crippen molar-refractivity contribution in [2.24, 2.45) is 11.5 Å².